The zero-order valence-electron chi connectivity index (χ0n) is 12.4. The largest absolute Gasteiger partial charge is 0.469 e. The molecule has 0 N–H and O–H groups in total. The predicted octanol–water partition coefficient (Wildman–Crippen LogP) is 2.28. The van der Waals surface area contributed by atoms with Gasteiger partial charge in [0.2, 0.25) is 0 Å². The molecule has 4 nitrogen and oxygen atoms in total. The second kappa shape index (κ2) is 7.44. The van der Waals surface area contributed by atoms with Gasteiger partial charge < -0.3 is 4.74 Å². The molecule has 0 radical (unpaired) electrons. The van der Waals surface area contributed by atoms with Crippen LogP contribution in [0.25, 0.3) is 0 Å². The average molecular weight is 307 g/mol. The van der Waals surface area contributed by atoms with Crippen LogP contribution in [-0.2, 0) is 9.53 Å². The van der Waals surface area contributed by atoms with Gasteiger partial charge in [0.25, 0.3) is 0 Å². The molecule has 0 bridgehead atoms. The average Bonchev–Trinajstić information content (AvgIpc) is 2.51. The van der Waals surface area contributed by atoms with Crippen molar-refractivity contribution in [1.29, 1.82) is 0 Å². The van der Waals surface area contributed by atoms with Crippen molar-refractivity contribution in [2.45, 2.75) is 19.8 Å². The van der Waals surface area contributed by atoms with Crippen LogP contribution >= 0.6 is 11.6 Å². The van der Waals surface area contributed by atoms with Crippen LogP contribution in [0.5, 0.6) is 0 Å². The summed E-state index contributed by atoms with van der Waals surface area (Å²) in [6.45, 7) is 4.38. The highest BCUT2D eigenvalue weighted by Crippen LogP contribution is 2.18. The zero-order chi connectivity index (χ0) is 15.2. The Hall–Kier alpha value is -1.57. The number of carbonyl (C=O) groups excluding carboxylic acids is 1. The fourth-order valence-electron chi connectivity index (χ4n) is 2.39. The Labute approximate surface area is 130 Å². The van der Waals surface area contributed by atoms with Gasteiger partial charge in [-0.15, -0.1) is 0 Å². The number of carbonyl (C=O) groups is 1. The third-order valence-corrected chi connectivity index (χ3v) is 4.17. The Bertz CT molecular complexity index is 569. The highest BCUT2D eigenvalue weighted by atomic mass is 35.5. The fraction of sp³-hybridized carbons (Fsp3) is 0.500. The van der Waals surface area contributed by atoms with Crippen molar-refractivity contribution >= 4 is 17.6 Å². The van der Waals surface area contributed by atoms with Gasteiger partial charge in [0.05, 0.1) is 19.6 Å². The molecule has 0 atom stereocenters. The monoisotopic (exact) mass is 306 g/mol. The molecule has 0 saturated carbocycles. The van der Waals surface area contributed by atoms with Crippen molar-refractivity contribution in [3.63, 3.8) is 0 Å². The SMILES string of the molecule is COC(=O)C1CCN(CC#Cc2ccnc(Cl)c2C)CC1. The van der Waals surface area contributed by atoms with E-state index in [2.05, 4.69) is 21.7 Å². The number of hydrogen-bond acceptors (Lipinski definition) is 4. The molecule has 112 valence electrons. The molecule has 2 heterocycles. The molecule has 0 spiro atoms. The number of nitrogens with zero attached hydrogens (tertiary/aromatic N) is 2. The van der Waals surface area contributed by atoms with Gasteiger partial charge in [-0.3, -0.25) is 9.69 Å². The molecule has 0 aromatic carbocycles. The van der Waals surface area contributed by atoms with Gasteiger partial charge in [-0.2, -0.15) is 0 Å². The highest BCUT2D eigenvalue weighted by molar-refractivity contribution is 6.30. The first kappa shape index (κ1) is 15.8. The van der Waals surface area contributed by atoms with E-state index in [1.165, 1.54) is 7.11 Å². The quantitative estimate of drug-likeness (QED) is 0.477. The van der Waals surface area contributed by atoms with Crippen LogP contribution in [0.15, 0.2) is 12.3 Å². The van der Waals surface area contributed by atoms with E-state index >= 15 is 0 Å². The summed E-state index contributed by atoms with van der Waals surface area (Å²) >= 11 is 5.97. The van der Waals surface area contributed by atoms with E-state index in [0.717, 1.165) is 37.1 Å². The van der Waals surface area contributed by atoms with Crippen LogP contribution in [0, 0.1) is 24.7 Å². The van der Waals surface area contributed by atoms with Crippen LogP contribution in [0.1, 0.15) is 24.0 Å². The summed E-state index contributed by atoms with van der Waals surface area (Å²) in [6, 6.07) is 1.87. The first-order chi connectivity index (χ1) is 10.1. The number of esters is 1. The molecule has 1 saturated heterocycles. The number of likely N-dealkylation sites (tertiary alicyclic amines) is 1. The van der Waals surface area contributed by atoms with Crippen LogP contribution in [0.2, 0.25) is 5.15 Å². The lowest BCUT2D eigenvalue weighted by atomic mass is 9.97. The summed E-state index contributed by atoms with van der Waals surface area (Å²) in [5.74, 6) is 6.26. The molecule has 1 aromatic rings. The smallest absolute Gasteiger partial charge is 0.308 e. The predicted molar refractivity (Wildman–Crippen MR) is 82.0 cm³/mol. The second-order valence-electron chi connectivity index (χ2n) is 5.15. The van der Waals surface area contributed by atoms with E-state index in [0.29, 0.717) is 11.7 Å². The highest BCUT2D eigenvalue weighted by Gasteiger charge is 2.24. The van der Waals surface area contributed by atoms with Crippen LogP contribution in [-0.4, -0.2) is 42.6 Å². The number of hydrogen-bond donors (Lipinski definition) is 0. The summed E-state index contributed by atoms with van der Waals surface area (Å²) in [7, 11) is 1.45. The lowest BCUT2D eigenvalue weighted by Gasteiger charge is -2.28. The van der Waals surface area contributed by atoms with Gasteiger partial charge in [0, 0.05) is 17.3 Å². The number of piperidine rings is 1. The Balaban J connectivity index is 1.87. The lowest BCUT2D eigenvalue weighted by Crippen LogP contribution is -2.36. The number of ether oxygens (including phenoxy) is 1. The van der Waals surface area contributed by atoms with Gasteiger partial charge in [-0.05, 0) is 38.9 Å². The van der Waals surface area contributed by atoms with Gasteiger partial charge in [0.15, 0.2) is 0 Å². The van der Waals surface area contributed by atoms with E-state index in [1.54, 1.807) is 6.20 Å². The number of pyridine rings is 1. The van der Waals surface area contributed by atoms with E-state index < -0.39 is 0 Å². The van der Waals surface area contributed by atoms with E-state index in [-0.39, 0.29) is 11.9 Å². The molecule has 2 rings (SSSR count). The Morgan fingerprint density at radius 3 is 2.90 bits per heavy atom. The van der Waals surface area contributed by atoms with Crippen molar-refractivity contribution in [3.8, 4) is 11.8 Å². The van der Waals surface area contributed by atoms with Gasteiger partial charge >= 0.3 is 5.97 Å². The van der Waals surface area contributed by atoms with Crippen molar-refractivity contribution in [1.82, 2.24) is 9.88 Å². The minimum Gasteiger partial charge on any atom is -0.469 e. The Morgan fingerprint density at radius 1 is 1.52 bits per heavy atom. The van der Waals surface area contributed by atoms with E-state index in [9.17, 15) is 4.79 Å². The molecule has 0 amide bonds. The van der Waals surface area contributed by atoms with Crippen molar-refractivity contribution in [3.05, 3.63) is 28.5 Å². The summed E-state index contributed by atoms with van der Waals surface area (Å²) in [6.07, 6.45) is 3.35. The molecular weight excluding hydrogens is 288 g/mol. The molecule has 1 aromatic heterocycles. The van der Waals surface area contributed by atoms with Crippen LogP contribution in [0.4, 0.5) is 0 Å². The standard InChI is InChI=1S/C16H19ClN2O2/c1-12-13(5-8-18-15(12)17)4-3-9-19-10-6-14(7-11-19)16(20)21-2/h5,8,14H,6-7,9-11H2,1-2H3. The van der Waals surface area contributed by atoms with Crippen molar-refractivity contribution in [2.75, 3.05) is 26.7 Å². The normalized spacial score (nSPS) is 16.1. The third kappa shape index (κ3) is 4.20. The molecule has 5 heteroatoms. The number of methoxy groups -OCH3 is 1. The molecular formula is C16H19ClN2O2. The van der Waals surface area contributed by atoms with Crippen LogP contribution in [0.3, 0.4) is 0 Å². The van der Waals surface area contributed by atoms with Gasteiger partial charge in [-0.1, -0.05) is 23.4 Å². The van der Waals surface area contributed by atoms with E-state index in [1.807, 2.05) is 13.0 Å². The summed E-state index contributed by atoms with van der Waals surface area (Å²) in [4.78, 5) is 17.7. The first-order valence-electron chi connectivity index (χ1n) is 7.02. The maximum absolute atomic E-state index is 11.5. The van der Waals surface area contributed by atoms with Crippen molar-refractivity contribution < 1.29 is 9.53 Å². The molecule has 21 heavy (non-hydrogen) atoms. The lowest BCUT2D eigenvalue weighted by molar-refractivity contribution is -0.147. The minimum atomic E-state index is -0.0946. The van der Waals surface area contributed by atoms with E-state index in [4.69, 9.17) is 16.3 Å². The number of aromatic nitrogens is 1. The molecule has 1 fully saturated rings. The zero-order valence-corrected chi connectivity index (χ0v) is 13.1. The summed E-state index contributed by atoms with van der Waals surface area (Å²) in [5, 5.41) is 0.501. The molecule has 1 aliphatic rings. The summed E-state index contributed by atoms with van der Waals surface area (Å²) < 4.78 is 4.78. The molecule has 0 aliphatic carbocycles. The van der Waals surface area contributed by atoms with Gasteiger partial charge in [0.1, 0.15) is 5.15 Å². The first-order valence-corrected chi connectivity index (χ1v) is 7.39. The van der Waals surface area contributed by atoms with Gasteiger partial charge in [-0.25, -0.2) is 4.98 Å². The topological polar surface area (TPSA) is 42.4 Å². The number of halogens is 1. The van der Waals surface area contributed by atoms with Crippen LogP contribution < -0.4 is 0 Å². The second-order valence-corrected chi connectivity index (χ2v) is 5.51. The summed E-state index contributed by atoms with van der Waals surface area (Å²) in [5.41, 5.74) is 1.83. The minimum absolute atomic E-state index is 0.0421. The molecule has 1 aliphatic heterocycles. The Kier molecular flexibility index (Phi) is 5.60. The van der Waals surface area contributed by atoms with Crippen molar-refractivity contribution in [2.24, 2.45) is 5.92 Å². The maximum Gasteiger partial charge on any atom is 0.308 e. The fourth-order valence-corrected chi connectivity index (χ4v) is 2.54. The Morgan fingerprint density at radius 2 is 2.24 bits per heavy atom. The molecule has 0 unspecified atom stereocenters. The maximum atomic E-state index is 11.5. The third-order valence-electron chi connectivity index (χ3n) is 3.79. The number of rotatable bonds is 2.